The molecular formula is C44H82O3. The minimum atomic E-state index is 0.214. The molecule has 0 aromatic carbocycles. The molecule has 47 heavy (non-hydrogen) atoms. The van der Waals surface area contributed by atoms with Crippen molar-refractivity contribution in [1.82, 2.24) is 0 Å². The van der Waals surface area contributed by atoms with Gasteiger partial charge in [-0.1, -0.05) is 96.4 Å². The molecule has 0 aromatic rings. The molecule has 0 radical (unpaired) electrons. The minimum Gasteiger partial charge on any atom is -0.371 e. The maximum absolute atomic E-state index is 6.46. The number of ether oxygens (including phenoxy) is 3. The second-order valence-electron chi connectivity index (χ2n) is 20.3. The van der Waals surface area contributed by atoms with E-state index in [1.54, 1.807) is 0 Å². The van der Waals surface area contributed by atoms with Crippen molar-refractivity contribution in [3.8, 4) is 0 Å². The zero-order chi connectivity index (χ0) is 35.2. The lowest BCUT2D eigenvalue weighted by Crippen LogP contribution is -2.43. The van der Waals surface area contributed by atoms with E-state index in [0.717, 1.165) is 76.9 Å². The lowest BCUT2D eigenvalue weighted by molar-refractivity contribution is -0.0967. The van der Waals surface area contributed by atoms with Crippen molar-refractivity contribution >= 4 is 0 Å². The van der Waals surface area contributed by atoms with E-state index >= 15 is 0 Å². The van der Waals surface area contributed by atoms with Gasteiger partial charge in [-0.2, -0.15) is 0 Å². The third-order valence-electron chi connectivity index (χ3n) is 13.9. The van der Waals surface area contributed by atoms with Crippen molar-refractivity contribution in [2.45, 2.75) is 204 Å². The van der Waals surface area contributed by atoms with Gasteiger partial charge in [0.2, 0.25) is 0 Å². The van der Waals surface area contributed by atoms with E-state index in [1.165, 1.54) is 57.8 Å². The Morgan fingerprint density at radius 2 is 0.894 bits per heavy atom. The van der Waals surface area contributed by atoms with Crippen LogP contribution in [0.4, 0.5) is 0 Å². The molecule has 276 valence electrons. The Labute approximate surface area is 294 Å². The van der Waals surface area contributed by atoms with Crippen molar-refractivity contribution in [3.05, 3.63) is 0 Å². The van der Waals surface area contributed by atoms with Crippen LogP contribution in [0.15, 0.2) is 0 Å². The van der Waals surface area contributed by atoms with Crippen LogP contribution < -0.4 is 0 Å². The van der Waals surface area contributed by atoms with Gasteiger partial charge in [-0.05, 0) is 149 Å². The van der Waals surface area contributed by atoms with Crippen LogP contribution in [0.25, 0.3) is 0 Å². The summed E-state index contributed by atoms with van der Waals surface area (Å²) in [6.07, 6.45) is 13.3. The van der Waals surface area contributed by atoms with Crippen LogP contribution in [0, 0.1) is 76.9 Å². The Morgan fingerprint density at radius 3 is 1.32 bits per heavy atom. The lowest BCUT2D eigenvalue weighted by Gasteiger charge is -2.43. The summed E-state index contributed by atoms with van der Waals surface area (Å²) in [5, 5.41) is 0. The highest BCUT2D eigenvalue weighted by Crippen LogP contribution is 2.60. The second-order valence-corrected chi connectivity index (χ2v) is 20.3. The monoisotopic (exact) mass is 659 g/mol. The Morgan fingerprint density at radius 1 is 0.489 bits per heavy atom. The number of rotatable bonds is 9. The second kappa shape index (κ2) is 15.2. The molecule has 6 bridgehead atoms. The van der Waals surface area contributed by atoms with Crippen LogP contribution in [0.1, 0.15) is 169 Å². The Balaban J connectivity index is 0.000000160. The SMILES string of the molecule is CC(C)CC12CC(C)C(C(C)O1)C2C(C)C.CC(C)CC12CCC(C(C)O1)C2C(C)C.CC(C)CC12CCCC(C(C)O1)C2C(C)C. The van der Waals surface area contributed by atoms with E-state index in [4.69, 9.17) is 14.2 Å². The minimum absolute atomic E-state index is 0.214. The van der Waals surface area contributed by atoms with Gasteiger partial charge in [-0.25, -0.2) is 0 Å². The van der Waals surface area contributed by atoms with Crippen LogP contribution in [0.2, 0.25) is 0 Å². The smallest absolute Gasteiger partial charge is 0.0725 e. The Hall–Kier alpha value is -0.120. The average molecular weight is 659 g/mol. The molecule has 6 fully saturated rings. The summed E-state index contributed by atoms with van der Waals surface area (Å²) in [7, 11) is 0. The number of hydrogen-bond donors (Lipinski definition) is 0. The molecular weight excluding hydrogens is 576 g/mol. The predicted octanol–water partition coefficient (Wildman–Crippen LogP) is 12.3. The van der Waals surface area contributed by atoms with Gasteiger partial charge in [0.05, 0.1) is 35.1 Å². The van der Waals surface area contributed by atoms with Crippen LogP contribution in [0.5, 0.6) is 0 Å². The van der Waals surface area contributed by atoms with Gasteiger partial charge in [-0.15, -0.1) is 0 Å². The van der Waals surface area contributed by atoms with Gasteiger partial charge in [0.15, 0.2) is 0 Å². The normalized spacial score (nSPS) is 45.1. The summed E-state index contributed by atoms with van der Waals surface area (Å²) in [4.78, 5) is 0. The zero-order valence-corrected chi connectivity index (χ0v) is 34.3. The maximum atomic E-state index is 6.46. The fourth-order valence-corrected chi connectivity index (χ4v) is 13.8. The molecule has 3 saturated carbocycles. The van der Waals surface area contributed by atoms with E-state index in [0.29, 0.717) is 18.3 Å². The molecule has 13 unspecified atom stereocenters. The van der Waals surface area contributed by atoms with Gasteiger partial charge in [-0.3, -0.25) is 0 Å². The molecule has 3 saturated heterocycles. The molecule has 0 amide bonds. The summed E-state index contributed by atoms with van der Waals surface area (Å²) >= 11 is 0. The highest BCUT2D eigenvalue weighted by molar-refractivity contribution is 5.10. The first-order valence-corrected chi connectivity index (χ1v) is 20.8. The van der Waals surface area contributed by atoms with Crippen LogP contribution >= 0.6 is 0 Å². The lowest BCUT2D eigenvalue weighted by atomic mass is 9.63. The molecule has 3 aliphatic heterocycles. The molecule has 3 heterocycles. The molecule has 0 N–H and O–H groups in total. The number of hydrogen-bond acceptors (Lipinski definition) is 3. The highest BCUT2D eigenvalue weighted by atomic mass is 16.5. The van der Waals surface area contributed by atoms with Gasteiger partial charge in [0, 0.05) is 0 Å². The van der Waals surface area contributed by atoms with Crippen molar-refractivity contribution < 1.29 is 14.2 Å². The number of fused-ring (bicyclic) bond motifs is 6. The standard InChI is InChI=1S/2C15H28O.C14H26O/c1-9(2)7-15-8-11(5)13(12(6)16-15)14(15)10(3)4;1-10(2)9-15-8-6-7-13(12(5)16-15)14(15)11(3)4;1-9(2)8-14-7-6-12(11(5)15-14)13(14)10(3)4/h9-14H,7-8H2,1-6H3;10-14H,6-9H2,1-5H3;9-13H,6-8H2,1-5H3. The molecule has 0 aromatic heterocycles. The van der Waals surface area contributed by atoms with Crippen LogP contribution in [-0.2, 0) is 14.2 Å². The predicted molar refractivity (Wildman–Crippen MR) is 201 cm³/mol. The fraction of sp³-hybridized carbons (Fsp3) is 1.00. The van der Waals surface area contributed by atoms with Crippen LogP contribution in [0.3, 0.4) is 0 Å². The molecule has 3 heteroatoms. The first-order chi connectivity index (χ1) is 21.8. The fourth-order valence-electron chi connectivity index (χ4n) is 13.8. The molecule has 6 rings (SSSR count). The summed E-state index contributed by atoms with van der Waals surface area (Å²) < 4.78 is 19.2. The summed E-state index contributed by atoms with van der Waals surface area (Å²) in [6, 6.07) is 0. The van der Waals surface area contributed by atoms with E-state index in [1.807, 2.05) is 0 Å². The Bertz CT molecular complexity index is 948. The van der Waals surface area contributed by atoms with Gasteiger partial charge >= 0.3 is 0 Å². The van der Waals surface area contributed by atoms with Crippen molar-refractivity contribution in [2.75, 3.05) is 0 Å². The third kappa shape index (κ3) is 7.88. The molecule has 3 nitrogen and oxygen atoms in total. The summed E-state index contributed by atoms with van der Waals surface area (Å²) in [5.41, 5.74) is 0.683. The van der Waals surface area contributed by atoms with Crippen LogP contribution in [-0.4, -0.2) is 35.1 Å². The van der Waals surface area contributed by atoms with Crippen molar-refractivity contribution in [1.29, 1.82) is 0 Å². The molecule has 0 spiro atoms. The first kappa shape index (κ1) is 39.7. The van der Waals surface area contributed by atoms with Crippen molar-refractivity contribution in [2.24, 2.45) is 76.9 Å². The third-order valence-corrected chi connectivity index (χ3v) is 13.9. The van der Waals surface area contributed by atoms with Gasteiger partial charge in [0.25, 0.3) is 0 Å². The van der Waals surface area contributed by atoms with E-state index < -0.39 is 0 Å². The largest absolute Gasteiger partial charge is 0.371 e. The molecule has 3 aliphatic carbocycles. The van der Waals surface area contributed by atoms with Gasteiger partial charge in [0.1, 0.15) is 0 Å². The van der Waals surface area contributed by atoms with Crippen molar-refractivity contribution in [3.63, 3.8) is 0 Å². The van der Waals surface area contributed by atoms with E-state index in [-0.39, 0.29) is 16.8 Å². The molecule has 6 aliphatic rings. The average Bonchev–Trinajstić information content (AvgIpc) is 3.61. The zero-order valence-electron chi connectivity index (χ0n) is 34.3. The molecule has 13 atom stereocenters. The first-order valence-electron chi connectivity index (χ1n) is 20.8. The summed E-state index contributed by atoms with van der Waals surface area (Å²) in [5.74, 6) is 10.3. The van der Waals surface area contributed by atoms with E-state index in [2.05, 4.69) is 111 Å². The quantitative estimate of drug-likeness (QED) is 0.247. The van der Waals surface area contributed by atoms with Gasteiger partial charge < -0.3 is 14.2 Å². The van der Waals surface area contributed by atoms with E-state index in [9.17, 15) is 0 Å². The topological polar surface area (TPSA) is 27.7 Å². The maximum Gasteiger partial charge on any atom is 0.0725 e. The summed E-state index contributed by atoms with van der Waals surface area (Å²) in [6.45, 7) is 37.6. The Kier molecular flexibility index (Phi) is 12.9. The highest BCUT2D eigenvalue weighted by Gasteiger charge is 2.62.